The van der Waals surface area contributed by atoms with Gasteiger partial charge in [-0.15, -0.1) is 0 Å². The molecule has 5 aromatic carbocycles. The molecule has 0 fully saturated rings. The second-order valence-electron chi connectivity index (χ2n) is 17.6. The number of benzene rings is 5. The number of nitrogens with zero attached hydrogens (tertiary/aromatic N) is 4. The number of nitrogens with one attached hydrogen (secondary N) is 1. The molecule has 0 spiro atoms. The van der Waals surface area contributed by atoms with Gasteiger partial charge in [0.05, 0.1) is 70.2 Å². The van der Waals surface area contributed by atoms with Crippen LogP contribution in [0.25, 0.3) is 0 Å². The number of hydrogen-bond acceptors (Lipinski definition) is 14. The highest BCUT2D eigenvalue weighted by atomic mass is 32.1. The number of hydrogen-bond donors (Lipinski definition) is 2. The maximum Gasteiger partial charge on any atom is 0.260 e. The maximum atomic E-state index is 14.1. The van der Waals surface area contributed by atoms with E-state index in [1.807, 2.05) is 53.6 Å². The van der Waals surface area contributed by atoms with Crippen LogP contribution in [0.3, 0.4) is 0 Å². The molecule has 5 aromatic rings. The van der Waals surface area contributed by atoms with E-state index < -0.39 is 0 Å². The molecule has 0 radical (unpaired) electrons. The Morgan fingerprint density at radius 2 is 1.45 bits per heavy atom. The molecule has 0 aromatic heterocycles. The van der Waals surface area contributed by atoms with Gasteiger partial charge < -0.3 is 53.2 Å². The molecule has 2 aliphatic heterocycles. The van der Waals surface area contributed by atoms with Gasteiger partial charge in [0.1, 0.15) is 13.2 Å². The van der Waals surface area contributed by atoms with Gasteiger partial charge in [-0.3, -0.25) is 14.6 Å². The summed E-state index contributed by atoms with van der Waals surface area (Å²) in [5.74, 6) is 1.63. The van der Waals surface area contributed by atoms with Gasteiger partial charge in [-0.1, -0.05) is 36.4 Å². The number of anilines is 4. The molecule has 69 heavy (non-hydrogen) atoms. The third-order valence-electron chi connectivity index (χ3n) is 12.1. The molecule has 0 bridgehead atoms. The van der Waals surface area contributed by atoms with Gasteiger partial charge >= 0.3 is 0 Å². The van der Waals surface area contributed by atoms with Gasteiger partial charge in [-0.2, -0.15) is 12.6 Å². The molecule has 366 valence electrons. The summed E-state index contributed by atoms with van der Waals surface area (Å²) < 4.78 is 41.1. The van der Waals surface area contributed by atoms with Crippen molar-refractivity contribution in [3.05, 3.63) is 124 Å². The van der Waals surface area contributed by atoms with E-state index in [2.05, 4.69) is 66.3 Å². The fourth-order valence-corrected chi connectivity index (χ4v) is 8.83. The zero-order chi connectivity index (χ0) is 48.9. The van der Waals surface area contributed by atoms with Crippen molar-refractivity contribution in [2.24, 2.45) is 4.99 Å². The minimum absolute atomic E-state index is 0.0277. The Balaban J connectivity index is 1.16. The monoisotopic (exact) mass is 959 g/mol. The Bertz CT molecular complexity index is 2580. The molecule has 1 atom stereocenters. The number of amides is 1. The van der Waals surface area contributed by atoms with Crippen LogP contribution in [-0.4, -0.2) is 117 Å². The summed E-state index contributed by atoms with van der Waals surface area (Å²) in [4.78, 5) is 37.5. The van der Waals surface area contributed by atoms with Crippen LogP contribution in [-0.2, 0) is 40.3 Å². The SMILES string of the molecule is CNc1cc(OCc2cc(COc3cc(N=CC4Cc5ccccc5N4C)c(C=O)cc3OC)cc(N(CCOCCOCCOC)CC(C)(C)S)c2)c(OC)cc1C(=O)N1CCc2ccccc21. The first-order chi connectivity index (χ1) is 33.4. The standard InChI is InChI=1S/C54H65N5O9S/c1-54(2,69)36-58(18-19-65-22-23-66-21-20-62-5)42-25-37(34-67-51-30-45(41(33-60)28-49(51)63-6)56-32-43-27-40-13-9-10-14-47(40)57(43)4)24-38(26-42)35-68-52-31-46(55-3)44(29-50(52)64-7)53(61)59-17-16-39-12-8-11-15-48(39)59/h8-15,24-26,28-33,43,55,69H,16-23,27,34-36H2,1-7H3. The van der Waals surface area contributed by atoms with Gasteiger partial charge in [-0.05, 0) is 91.4 Å². The first-order valence-corrected chi connectivity index (χ1v) is 23.7. The zero-order valence-electron chi connectivity index (χ0n) is 40.8. The van der Waals surface area contributed by atoms with Gasteiger partial charge in [0, 0.05) is 86.6 Å². The first kappa shape index (κ1) is 50.6. The first-order valence-electron chi connectivity index (χ1n) is 23.2. The fraction of sp³-hybridized carbons (Fsp3) is 0.389. The average molecular weight is 960 g/mol. The molecule has 0 aliphatic carbocycles. The number of para-hydroxylation sites is 2. The molecule has 2 aliphatic rings. The molecule has 7 rings (SSSR count). The van der Waals surface area contributed by atoms with Crippen molar-refractivity contribution < 1.29 is 42.7 Å². The summed E-state index contributed by atoms with van der Waals surface area (Å²) in [5, 5.41) is 3.21. The predicted molar refractivity (Wildman–Crippen MR) is 277 cm³/mol. The number of ether oxygens (including phenoxy) is 7. The number of aliphatic imine (C=N–C) groups is 1. The lowest BCUT2D eigenvalue weighted by Gasteiger charge is -2.32. The number of carbonyl (C=O) groups is 2. The highest BCUT2D eigenvalue weighted by Crippen LogP contribution is 2.39. The summed E-state index contributed by atoms with van der Waals surface area (Å²) in [6.07, 6.45) is 4.28. The van der Waals surface area contributed by atoms with Crippen LogP contribution in [0.4, 0.5) is 28.4 Å². The van der Waals surface area contributed by atoms with Crippen molar-refractivity contribution in [1.82, 2.24) is 0 Å². The van der Waals surface area contributed by atoms with E-state index in [4.69, 9.17) is 50.8 Å². The van der Waals surface area contributed by atoms with Crippen molar-refractivity contribution in [1.29, 1.82) is 0 Å². The Kier molecular flexibility index (Phi) is 17.5. The second kappa shape index (κ2) is 23.8. The molecule has 15 heteroatoms. The predicted octanol–water partition coefficient (Wildman–Crippen LogP) is 8.88. The molecule has 1 N–H and O–H groups in total. The second-order valence-corrected chi connectivity index (χ2v) is 18.9. The van der Waals surface area contributed by atoms with Crippen LogP contribution >= 0.6 is 12.6 Å². The number of likely N-dealkylation sites (N-methyl/N-ethyl adjacent to an activating group) is 1. The van der Waals surface area contributed by atoms with E-state index in [-0.39, 0.29) is 29.9 Å². The molecule has 0 saturated heterocycles. The van der Waals surface area contributed by atoms with Crippen molar-refractivity contribution in [3.8, 4) is 23.0 Å². The van der Waals surface area contributed by atoms with Crippen LogP contribution in [0.1, 0.15) is 56.8 Å². The summed E-state index contributed by atoms with van der Waals surface area (Å²) >= 11 is 4.94. The normalized spacial score (nSPS) is 14.2. The number of rotatable bonds is 25. The van der Waals surface area contributed by atoms with Gasteiger partial charge in [0.2, 0.25) is 0 Å². The van der Waals surface area contributed by atoms with E-state index in [1.165, 1.54) is 11.3 Å². The zero-order valence-corrected chi connectivity index (χ0v) is 41.7. The van der Waals surface area contributed by atoms with E-state index >= 15 is 0 Å². The Labute approximate surface area is 411 Å². The molecular weight excluding hydrogens is 895 g/mol. The number of methoxy groups -OCH3 is 3. The average Bonchev–Trinajstić information content (AvgIpc) is 3.94. The lowest BCUT2D eigenvalue weighted by Crippen LogP contribution is -2.37. The minimum Gasteiger partial charge on any atom is -0.493 e. The van der Waals surface area contributed by atoms with Crippen molar-refractivity contribution in [2.45, 2.75) is 50.7 Å². The van der Waals surface area contributed by atoms with Crippen molar-refractivity contribution in [2.75, 3.05) is 108 Å². The topological polar surface area (TPSA) is 133 Å². The van der Waals surface area contributed by atoms with Gasteiger partial charge in [-0.25, -0.2) is 0 Å². The summed E-state index contributed by atoms with van der Waals surface area (Å²) in [6, 6.07) is 29.5. The minimum atomic E-state index is -0.361. The van der Waals surface area contributed by atoms with E-state index in [9.17, 15) is 9.59 Å². The largest absolute Gasteiger partial charge is 0.493 e. The molecular formula is C54H65N5O9S. The smallest absolute Gasteiger partial charge is 0.260 e. The van der Waals surface area contributed by atoms with Crippen molar-refractivity contribution >= 4 is 59.5 Å². The number of fused-ring (bicyclic) bond motifs is 2. The Hall–Kier alpha value is -6.26. The number of carbonyl (C=O) groups excluding carboxylic acids is 2. The number of thiol groups is 1. The maximum absolute atomic E-state index is 14.1. The van der Waals surface area contributed by atoms with Crippen LogP contribution in [0.2, 0.25) is 0 Å². The van der Waals surface area contributed by atoms with E-state index in [0.717, 1.165) is 47.2 Å². The van der Waals surface area contributed by atoms with E-state index in [0.29, 0.717) is 98.2 Å². The Morgan fingerprint density at radius 1 is 0.812 bits per heavy atom. The highest BCUT2D eigenvalue weighted by molar-refractivity contribution is 7.81. The van der Waals surface area contributed by atoms with Crippen LogP contribution < -0.4 is 39.0 Å². The van der Waals surface area contributed by atoms with Crippen LogP contribution in [0.5, 0.6) is 23.0 Å². The summed E-state index contributed by atoms with van der Waals surface area (Å²) in [5.41, 5.74) is 9.08. The van der Waals surface area contributed by atoms with E-state index in [1.54, 1.807) is 46.6 Å². The molecule has 14 nitrogen and oxygen atoms in total. The third-order valence-corrected chi connectivity index (χ3v) is 12.3. The molecule has 1 amide bonds. The van der Waals surface area contributed by atoms with Crippen LogP contribution in [0, 0.1) is 0 Å². The number of aldehydes is 1. The molecule has 0 saturated carbocycles. The fourth-order valence-electron chi connectivity index (χ4n) is 8.66. The quantitative estimate of drug-likeness (QED) is 0.0251. The lowest BCUT2D eigenvalue weighted by atomic mass is 10.1. The van der Waals surface area contributed by atoms with Crippen LogP contribution in [0.15, 0.2) is 96.0 Å². The van der Waals surface area contributed by atoms with Gasteiger partial charge in [0.15, 0.2) is 29.3 Å². The third kappa shape index (κ3) is 12.9. The highest BCUT2D eigenvalue weighted by Gasteiger charge is 2.29. The van der Waals surface area contributed by atoms with Gasteiger partial charge in [0.25, 0.3) is 5.91 Å². The molecule has 2 heterocycles. The molecule has 1 unspecified atom stereocenters. The Morgan fingerprint density at radius 3 is 2.10 bits per heavy atom. The lowest BCUT2D eigenvalue weighted by molar-refractivity contribution is 0.0264. The summed E-state index contributed by atoms with van der Waals surface area (Å²) in [6.45, 7) is 8.64. The summed E-state index contributed by atoms with van der Waals surface area (Å²) in [7, 11) is 8.60. The van der Waals surface area contributed by atoms with Crippen molar-refractivity contribution in [3.63, 3.8) is 0 Å².